The van der Waals surface area contributed by atoms with Crippen LogP contribution in [0.1, 0.15) is 17.5 Å². The van der Waals surface area contributed by atoms with E-state index in [0.717, 1.165) is 24.9 Å². The van der Waals surface area contributed by atoms with E-state index >= 15 is 0 Å². The molecule has 3 heterocycles. The second kappa shape index (κ2) is 10.6. The van der Waals surface area contributed by atoms with Gasteiger partial charge in [-0.3, -0.25) is 4.79 Å². The van der Waals surface area contributed by atoms with Crippen LogP contribution in [0.25, 0.3) is 16.9 Å². The van der Waals surface area contributed by atoms with Crippen LogP contribution in [-0.4, -0.2) is 66.1 Å². The summed E-state index contributed by atoms with van der Waals surface area (Å²) in [6.07, 6.45) is 9.28. The number of allylic oxidation sites excluding steroid dienone is 1. The van der Waals surface area contributed by atoms with Crippen LogP contribution in [-0.2, 0) is 29.1 Å². The molecule has 0 saturated heterocycles. The van der Waals surface area contributed by atoms with Crippen LogP contribution in [0, 0.1) is 0 Å². The first kappa shape index (κ1) is 27.0. The maximum Gasteiger partial charge on any atom is 0.278 e. The summed E-state index contributed by atoms with van der Waals surface area (Å²) in [7, 11) is 1.79. The fourth-order valence-electron chi connectivity index (χ4n) is 4.82. The summed E-state index contributed by atoms with van der Waals surface area (Å²) in [6, 6.07) is 10.1. The SMILES string of the molecule is C=CCn1c(=O)c2cnc(Nc3ccc4c(c3)CCC(N(C)C)C4)nc2n1-c1nc(N=S(C)(C)=O)ccc1Cl. The average molecular weight is 567 g/mol. The number of nitrogens with one attached hydrogen (secondary N) is 1. The number of aryl methyl sites for hydroxylation is 1. The van der Waals surface area contributed by atoms with E-state index in [-0.39, 0.29) is 28.8 Å². The van der Waals surface area contributed by atoms with Crippen molar-refractivity contribution in [2.75, 3.05) is 31.9 Å². The fraction of sp³-hybridized carbons (Fsp3) is 0.333. The Balaban J connectivity index is 1.58. The highest BCUT2D eigenvalue weighted by Gasteiger charge is 2.22. The normalized spacial score (nSPS) is 15.4. The summed E-state index contributed by atoms with van der Waals surface area (Å²) in [5.74, 6) is 0.808. The quantitative estimate of drug-likeness (QED) is 0.331. The highest BCUT2D eigenvalue weighted by molar-refractivity contribution is 7.92. The first-order valence-corrected chi connectivity index (χ1v) is 15.2. The van der Waals surface area contributed by atoms with Crippen molar-refractivity contribution in [3.05, 3.63) is 75.7 Å². The Morgan fingerprint density at radius 1 is 1.23 bits per heavy atom. The third kappa shape index (κ3) is 5.61. The van der Waals surface area contributed by atoms with E-state index in [1.807, 2.05) is 6.07 Å². The molecule has 0 bridgehead atoms. The number of pyridine rings is 1. The van der Waals surface area contributed by atoms with Gasteiger partial charge in [-0.1, -0.05) is 23.7 Å². The van der Waals surface area contributed by atoms with Crippen LogP contribution < -0.4 is 10.9 Å². The minimum Gasteiger partial charge on any atom is -0.324 e. The highest BCUT2D eigenvalue weighted by Crippen LogP contribution is 2.29. The van der Waals surface area contributed by atoms with Crippen LogP contribution in [0.3, 0.4) is 0 Å². The molecule has 39 heavy (non-hydrogen) atoms. The van der Waals surface area contributed by atoms with E-state index in [9.17, 15) is 9.00 Å². The Labute approximate surface area is 232 Å². The molecule has 1 N–H and O–H groups in total. The number of likely N-dealkylation sites (N-methyl/N-ethyl adjacent to an activating group) is 1. The third-order valence-corrected chi connectivity index (χ3v) is 7.62. The molecule has 0 aliphatic heterocycles. The van der Waals surface area contributed by atoms with Gasteiger partial charge in [0, 0.05) is 40.2 Å². The van der Waals surface area contributed by atoms with Gasteiger partial charge in [0.1, 0.15) is 5.39 Å². The molecule has 0 saturated carbocycles. The van der Waals surface area contributed by atoms with E-state index in [1.54, 1.807) is 18.2 Å². The molecule has 12 heteroatoms. The number of fused-ring (bicyclic) bond motifs is 2. The zero-order valence-electron chi connectivity index (χ0n) is 22.4. The fourth-order valence-corrected chi connectivity index (χ4v) is 5.56. The van der Waals surface area contributed by atoms with Gasteiger partial charge >= 0.3 is 0 Å². The van der Waals surface area contributed by atoms with Crippen molar-refractivity contribution < 1.29 is 4.21 Å². The number of halogens is 1. The van der Waals surface area contributed by atoms with Gasteiger partial charge < -0.3 is 10.2 Å². The Morgan fingerprint density at radius 3 is 2.74 bits per heavy atom. The lowest BCUT2D eigenvalue weighted by molar-refractivity contribution is 0.268. The average Bonchev–Trinajstić information content (AvgIpc) is 3.14. The Bertz CT molecular complexity index is 1760. The molecule has 1 aliphatic carbocycles. The molecule has 3 aromatic heterocycles. The van der Waals surface area contributed by atoms with Gasteiger partial charge in [0.05, 0.1) is 11.6 Å². The first-order valence-electron chi connectivity index (χ1n) is 12.5. The van der Waals surface area contributed by atoms with Crippen LogP contribution in [0.15, 0.2) is 58.3 Å². The van der Waals surface area contributed by atoms with Gasteiger partial charge in [-0.2, -0.15) is 9.35 Å². The molecule has 1 aliphatic rings. The Morgan fingerprint density at radius 2 is 2.03 bits per heavy atom. The topological polar surface area (TPSA) is 110 Å². The first-order chi connectivity index (χ1) is 18.5. The molecular weight excluding hydrogens is 536 g/mol. The molecule has 4 aromatic rings. The predicted octanol–water partition coefficient (Wildman–Crippen LogP) is 4.34. The van der Waals surface area contributed by atoms with Crippen molar-refractivity contribution >= 4 is 49.8 Å². The lowest BCUT2D eigenvalue weighted by atomic mass is 9.87. The van der Waals surface area contributed by atoms with Gasteiger partial charge in [0.15, 0.2) is 17.3 Å². The summed E-state index contributed by atoms with van der Waals surface area (Å²) < 4.78 is 19.4. The van der Waals surface area contributed by atoms with Crippen molar-refractivity contribution in [3.63, 3.8) is 0 Å². The van der Waals surface area contributed by atoms with E-state index in [0.29, 0.717) is 23.0 Å². The van der Waals surface area contributed by atoms with E-state index in [1.165, 1.54) is 39.2 Å². The predicted molar refractivity (Wildman–Crippen MR) is 157 cm³/mol. The van der Waals surface area contributed by atoms with Crippen molar-refractivity contribution in [2.24, 2.45) is 4.36 Å². The molecule has 5 rings (SSSR count). The summed E-state index contributed by atoms with van der Waals surface area (Å²) in [4.78, 5) is 29.2. The lowest BCUT2D eigenvalue weighted by Gasteiger charge is -2.30. The second-order valence-corrected chi connectivity index (χ2v) is 13.1. The van der Waals surface area contributed by atoms with Crippen LogP contribution in [0.4, 0.5) is 17.5 Å². The van der Waals surface area contributed by atoms with Gasteiger partial charge in [-0.15, -0.1) is 6.58 Å². The summed E-state index contributed by atoms with van der Waals surface area (Å²) >= 11 is 6.55. The minimum absolute atomic E-state index is 0.189. The number of rotatable bonds is 7. The number of hydrogen-bond acceptors (Lipinski definition) is 8. The molecule has 1 aromatic carbocycles. The molecule has 1 unspecified atom stereocenters. The minimum atomic E-state index is -2.46. The molecule has 0 fully saturated rings. The van der Waals surface area contributed by atoms with Crippen molar-refractivity contribution in [2.45, 2.75) is 31.8 Å². The second-order valence-electron chi connectivity index (χ2n) is 10.1. The third-order valence-electron chi connectivity index (χ3n) is 6.70. The molecule has 10 nitrogen and oxygen atoms in total. The summed E-state index contributed by atoms with van der Waals surface area (Å²) in [5, 5.41) is 3.87. The zero-order valence-corrected chi connectivity index (χ0v) is 24.0. The monoisotopic (exact) mass is 566 g/mol. The highest BCUT2D eigenvalue weighted by atomic mass is 35.5. The largest absolute Gasteiger partial charge is 0.324 e. The van der Waals surface area contributed by atoms with Gasteiger partial charge in [-0.25, -0.2) is 23.5 Å². The zero-order chi connectivity index (χ0) is 27.9. The Hall–Kier alpha value is -3.54. The lowest BCUT2D eigenvalue weighted by Crippen LogP contribution is -2.33. The van der Waals surface area contributed by atoms with Crippen molar-refractivity contribution in [1.29, 1.82) is 0 Å². The molecule has 1 atom stereocenters. The summed E-state index contributed by atoms with van der Waals surface area (Å²) in [5.41, 5.74) is 3.55. The number of anilines is 2. The van der Waals surface area contributed by atoms with Crippen molar-refractivity contribution in [3.8, 4) is 5.82 Å². The van der Waals surface area contributed by atoms with Gasteiger partial charge in [-0.05, 0) is 68.8 Å². The van der Waals surface area contributed by atoms with Crippen LogP contribution in [0.5, 0.6) is 0 Å². The number of aromatic nitrogens is 5. The Kier molecular flexibility index (Phi) is 7.32. The maximum atomic E-state index is 13.3. The molecule has 0 radical (unpaired) electrons. The van der Waals surface area contributed by atoms with Crippen LogP contribution in [0.2, 0.25) is 5.02 Å². The van der Waals surface area contributed by atoms with E-state index < -0.39 is 9.73 Å². The smallest absolute Gasteiger partial charge is 0.278 e. The molecular formula is C27H31ClN8O2S. The van der Waals surface area contributed by atoms with Gasteiger partial charge in [0.25, 0.3) is 5.56 Å². The number of benzene rings is 1. The van der Waals surface area contributed by atoms with Gasteiger partial charge in [0.2, 0.25) is 5.95 Å². The van der Waals surface area contributed by atoms with Crippen LogP contribution >= 0.6 is 11.6 Å². The number of nitrogens with zero attached hydrogens (tertiary/aromatic N) is 7. The molecule has 0 amide bonds. The van der Waals surface area contributed by atoms with Crippen molar-refractivity contribution in [1.82, 2.24) is 29.2 Å². The number of hydrogen-bond donors (Lipinski definition) is 1. The maximum absolute atomic E-state index is 13.3. The van der Waals surface area contributed by atoms with E-state index in [4.69, 9.17) is 16.6 Å². The standard InChI is InChI=1S/C27H31ClN8O2S/c1-6-13-35-26(37)21-16-29-27(30-19-9-7-18-15-20(34(2)3)10-8-17(18)14-19)32-24(21)36(35)25-22(28)11-12-23(31-25)33-39(4,5)38/h6-7,9,11-12,14,16,20H,1,8,10,13,15H2,2-5H3,(H,29,30,32). The molecule has 204 valence electrons. The van der Waals surface area contributed by atoms with E-state index in [2.05, 4.69) is 57.4 Å². The summed E-state index contributed by atoms with van der Waals surface area (Å²) in [6.45, 7) is 3.97. The molecule has 0 spiro atoms.